The lowest BCUT2D eigenvalue weighted by Gasteiger charge is -2.02. The maximum Gasteiger partial charge on any atom is 0.344 e. The molecule has 0 amide bonds. The van der Waals surface area contributed by atoms with E-state index in [0.717, 1.165) is 0 Å². The Bertz CT molecular complexity index is 172. The lowest BCUT2D eigenvalue weighted by molar-refractivity contribution is -0.144. The molecule has 3 nitrogen and oxygen atoms in total. The molecule has 54 valence electrons. The van der Waals surface area contributed by atoms with E-state index >= 15 is 0 Å². The zero-order valence-corrected chi connectivity index (χ0v) is 5.45. The van der Waals surface area contributed by atoms with Crippen LogP contribution in [0.2, 0.25) is 0 Å². The van der Waals surface area contributed by atoms with Crippen molar-refractivity contribution in [2.45, 2.75) is 6.10 Å². The summed E-state index contributed by atoms with van der Waals surface area (Å²) < 4.78 is 9.47. The largest absolute Gasteiger partial charge is 0.433 e. The normalized spacial score (nSPS) is 22.8. The van der Waals surface area contributed by atoms with E-state index in [0.29, 0.717) is 6.61 Å². The molecule has 3 heteroatoms. The topological polar surface area (TPSA) is 35.5 Å². The summed E-state index contributed by atoms with van der Waals surface area (Å²) >= 11 is 0. The zero-order chi connectivity index (χ0) is 7.40. The van der Waals surface area contributed by atoms with Gasteiger partial charge in [-0.3, -0.25) is 0 Å². The Balaban J connectivity index is 2.33. The Morgan fingerprint density at radius 3 is 3.20 bits per heavy atom. The number of rotatable bonds is 3. The second-order valence-electron chi connectivity index (χ2n) is 1.81. The van der Waals surface area contributed by atoms with Crippen LogP contribution in [-0.2, 0) is 14.3 Å². The van der Waals surface area contributed by atoms with Gasteiger partial charge in [-0.2, -0.15) is 0 Å². The molecule has 0 saturated carbocycles. The molecule has 0 aromatic carbocycles. The molecule has 0 aliphatic carbocycles. The number of hydrogen-bond donors (Lipinski definition) is 0. The zero-order valence-electron chi connectivity index (χ0n) is 5.45. The van der Waals surface area contributed by atoms with E-state index < -0.39 is 6.10 Å². The van der Waals surface area contributed by atoms with E-state index in [2.05, 4.69) is 11.3 Å². The molecule has 0 radical (unpaired) electrons. The fourth-order valence-corrected chi connectivity index (χ4v) is 0.619. The summed E-state index contributed by atoms with van der Waals surface area (Å²) in [5, 5.41) is 0. The highest BCUT2D eigenvalue weighted by atomic mass is 16.6. The van der Waals surface area contributed by atoms with Gasteiger partial charge in [0.05, 0.1) is 12.9 Å². The van der Waals surface area contributed by atoms with Gasteiger partial charge in [0.15, 0.2) is 6.10 Å². The van der Waals surface area contributed by atoms with E-state index in [-0.39, 0.29) is 5.97 Å². The Labute approximate surface area is 58.9 Å². The highest BCUT2D eigenvalue weighted by Crippen LogP contribution is 2.05. The first kappa shape index (κ1) is 7.02. The third-order valence-corrected chi connectivity index (χ3v) is 1.06. The van der Waals surface area contributed by atoms with Gasteiger partial charge < -0.3 is 9.47 Å². The fourth-order valence-electron chi connectivity index (χ4n) is 0.619. The lowest BCUT2D eigenvalue weighted by atomic mass is 10.4. The fraction of sp³-hybridized carbons (Fsp3) is 0.286. The van der Waals surface area contributed by atoms with E-state index in [1.807, 2.05) is 0 Å². The van der Waals surface area contributed by atoms with Gasteiger partial charge >= 0.3 is 5.97 Å². The average molecular weight is 140 g/mol. The van der Waals surface area contributed by atoms with E-state index in [1.54, 1.807) is 12.2 Å². The van der Waals surface area contributed by atoms with Crippen LogP contribution in [-0.4, -0.2) is 18.7 Å². The minimum atomic E-state index is -0.530. The van der Waals surface area contributed by atoms with Gasteiger partial charge in [0.2, 0.25) is 0 Å². The van der Waals surface area contributed by atoms with Gasteiger partial charge in [-0.05, 0) is 6.08 Å². The third-order valence-electron chi connectivity index (χ3n) is 1.06. The summed E-state index contributed by atoms with van der Waals surface area (Å²) in [7, 11) is 0. The molecule has 1 aliphatic heterocycles. The first-order valence-corrected chi connectivity index (χ1v) is 2.94. The van der Waals surface area contributed by atoms with Crippen LogP contribution >= 0.6 is 0 Å². The van der Waals surface area contributed by atoms with E-state index in [1.165, 1.54) is 6.26 Å². The van der Waals surface area contributed by atoms with Gasteiger partial charge in [0, 0.05) is 0 Å². The minimum absolute atomic E-state index is 0.359. The van der Waals surface area contributed by atoms with Crippen LogP contribution in [0.5, 0.6) is 0 Å². The second kappa shape index (κ2) is 3.17. The van der Waals surface area contributed by atoms with Gasteiger partial charge in [-0.25, -0.2) is 4.79 Å². The molecule has 0 fully saturated rings. The van der Waals surface area contributed by atoms with Crippen LogP contribution in [0.25, 0.3) is 0 Å². The first-order valence-electron chi connectivity index (χ1n) is 2.94. The molecule has 10 heavy (non-hydrogen) atoms. The quantitative estimate of drug-likeness (QED) is 0.426. The van der Waals surface area contributed by atoms with Crippen molar-refractivity contribution in [3.63, 3.8) is 0 Å². The van der Waals surface area contributed by atoms with Gasteiger partial charge in [0.25, 0.3) is 0 Å². The van der Waals surface area contributed by atoms with Crippen LogP contribution in [0.4, 0.5) is 0 Å². The predicted molar refractivity (Wildman–Crippen MR) is 35.2 cm³/mol. The first-order chi connectivity index (χ1) is 4.84. The van der Waals surface area contributed by atoms with Crippen LogP contribution in [0.15, 0.2) is 25.0 Å². The summed E-state index contributed by atoms with van der Waals surface area (Å²) in [6, 6.07) is 0. The van der Waals surface area contributed by atoms with Crippen molar-refractivity contribution in [2.75, 3.05) is 6.61 Å². The van der Waals surface area contributed by atoms with Gasteiger partial charge in [-0.15, -0.1) is 6.58 Å². The molecule has 0 N–H and O–H groups in total. The van der Waals surface area contributed by atoms with Crippen molar-refractivity contribution < 1.29 is 14.3 Å². The molecule has 1 rings (SSSR count). The lowest BCUT2D eigenvalue weighted by Crippen LogP contribution is -2.18. The van der Waals surface area contributed by atoms with Crippen molar-refractivity contribution in [3.05, 3.63) is 25.0 Å². The average Bonchev–Trinajstić information content (AvgIpc) is 2.31. The van der Waals surface area contributed by atoms with Crippen LogP contribution in [0.1, 0.15) is 0 Å². The molecule has 0 saturated heterocycles. The van der Waals surface area contributed by atoms with Crippen molar-refractivity contribution in [1.29, 1.82) is 0 Å². The molecule has 0 aromatic rings. The molecule has 1 aliphatic rings. The monoisotopic (exact) mass is 140 g/mol. The van der Waals surface area contributed by atoms with E-state index in [9.17, 15) is 4.79 Å². The molecular weight excluding hydrogens is 132 g/mol. The molecule has 0 spiro atoms. The number of cyclic esters (lactones) is 1. The summed E-state index contributed by atoms with van der Waals surface area (Å²) in [6.45, 7) is 3.81. The Kier molecular flexibility index (Phi) is 2.23. The van der Waals surface area contributed by atoms with E-state index in [4.69, 9.17) is 4.74 Å². The number of hydrogen-bond acceptors (Lipinski definition) is 3. The summed E-state index contributed by atoms with van der Waals surface area (Å²) in [6.07, 6.45) is 3.94. The maximum atomic E-state index is 10.6. The van der Waals surface area contributed by atoms with Crippen molar-refractivity contribution in [3.8, 4) is 0 Å². The Hall–Kier alpha value is -1.09. The predicted octanol–water partition coefficient (Wildman–Crippen LogP) is 0.628. The summed E-state index contributed by atoms with van der Waals surface area (Å²) in [5.74, 6) is -0.359. The smallest absolute Gasteiger partial charge is 0.344 e. The summed E-state index contributed by atoms with van der Waals surface area (Å²) in [5.41, 5.74) is 0. The van der Waals surface area contributed by atoms with Crippen molar-refractivity contribution >= 4 is 5.97 Å². The highest BCUT2D eigenvalue weighted by molar-refractivity contribution is 5.79. The molecule has 1 atom stereocenters. The SMILES string of the molecule is C=CCOC1C=COC1=O. The number of ether oxygens (including phenoxy) is 2. The molecule has 0 bridgehead atoms. The van der Waals surface area contributed by atoms with Crippen LogP contribution < -0.4 is 0 Å². The molecular formula is C7H8O3. The highest BCUT2D eigenvalue weighted by Gasteiger charge is 2.21. The van der Waals surface area contributed by atoms with Crippen molar-refractivity contribution in [1.82, 2.24) is 0 Å². The van der Waals surface area contributed by atoms with Crippen molar-refractivity contribution in [2.24, 2.45) is 0 Å². The van der Waals surface area contributed by atoms with Crippen LogP contribution in [0, 0.1) is 0 Å². The maximum absolute atomic E-state index is 10.6. The minimum Gasteiger partial charge on any atom is -0.433 e. The van der Waals surface area contributed by atoms with Crippen LogP contribution in [0.3, 0.4) is 0 Å². The standard InChI is InChI=1S/C7H8O3/c1-2-4-9-6-3-5-10-7(6)8/h2-3,5-6H,1,4H2. The molecule has 1 unspecified atom stereocenters. The van der Waals surface area contributed by atoms with Gasteiger partial charge in [0.1, 0.15) is 0 Å². The number of esters is 1. The Morgan fingerprint density at radius 2 is 2.70 bits per heavy atom. The second-order valence-corrected chi connectivity index (χ2v) is 1.81. The van der Waals surface area contributed by atoms with Gasteiger partial charge in [-0.1, -0.05) is 6.08 Å². The molecule has 1 heterocycles. The third kappa shape index (κ3) is 1.45. The Morgan fingerprint density at radius 1 is 1.90 bits per heavy atom. The number of carbonyl (C=O) groups excluding carboxylic acids is 1. The number of carbonyl (C=O) groups is 1. The summed E-state index contributed by atoms with van der Waals surface area (Å²) in [4.78, 5) is 10.6. The molecule has 0 aromatic heterocycles.